The molecule has 0 fully saturated rings. The average Bonchev–Trinajstić information content (AvgIpc) is 2.47. The summed E-state index contributed by atoms with van der Waals surface area (Å²) in [6, 6.07) is 7.76. The predicted octanol–water partition coefficient (Wildman–Crippen LogP) is 1.52. The van der Waals surface area contributed by atoms with Crippen molar-refractivity contribution in [2.75, 3.05) is 25.9 Å². The molecule has 0 spiro atoms. The molecule has 1 aromatic heterocycles. The van der Waals surface area contributed by atoms with Crippen LogP contribution in [0.2, 0.25) is 0 Å². The fourth-order valence-electron chi connectivity index (χ4n) is 1.80. The fraction of sp³-hybridized carbons (Fsp3) is 0.267. The lowest BCUT2D eigenvalue weighted by Gasteiger charge is -2.17. The van der Waals surface area contributed by atoms with Crippen LogP contribution in [0.5, 0.6) is 5.75 Å². The third kappa shape index (κ3) is 3.92. The normalized spacial score (nSPS) is 10.2. The van der Waals surface area contributed by atoms with Gasteiger partial charge in [0.25, 0.3) is 5.91 Å². The van der Waals surface area contributed by atoms with Crippen LogP contribution in [-0.2, 0) is 0 Å². The maximum atomic E-state index is 12.1. The van der Waals surface area contributed by atoms with Gasteiger partial charge in [0, 0.05) is 19.4 Å². The van der Waals surface area contributed by atoms with Crippen molar-refractivity contribution in [3.63, 3.8) is 0 Å². The van der Waals surface area contributed by atoms with E-state index in [0.717, 1.165) is 11.3 Å². The molecular formula is C15H18N4O2. The summed E-state index contributed by atoms with van der Waals surface area (Å²) in [5.41, 5.74) is 6.93. The Morgan fingerprint density at radius 3 is 2.81 bits per heavy atom. The lowest BCUT2D eigenvalue weighted by Crippen LogP contribution is -2.32. The Morgan fingerprint density at radius 2 is 2.10 bits per heavy atom. The van der Waals surface area contributed by atoms with Crippen molar-refractivity contribution in [1.82, 2.24) is 14.9 Å². The molecule has 0 saturated carbocycles. The molecule has 1 aromatic carbocycles. The Balaban J connectivity index is 1.89. The molecule has 0 radical (unpaired) electrons. The number of nitrogens with two attached hydrogens (primary N) is 1. The zero-order chi connectivity index (χ0) is 15.2. The highest BCUT2D eigenvalue weighted by molar-refractivity contribution is 5.96. The summed E-state index contributed by atoms with van der Waals surface area (Å²) in [5, 5.41) is 0. The number of ether oxygens (including phenoxy) is 1. The molecule has 2 N–H and O–H groups in total. The van der Waals surface area contributed by atoms with Crippen LogP contribution in [0.1, 0.15) is 16.1 Å². The third-order valence-corrected chi connectivity index (χ3v) is 2.96. The van der Waals surface area contributed by atoms with Crippen molar-refractivity contribution in [2.24, 2.45) is 0 Å². The molecule has 21 heavy (non-hydrogen) atoms. The molecule has 1 amide bonds. The second kappa shape index (κ2) is 6.69. The molecule has 1 heterocycles. The monoisotopic (exact) mass is 286 g/mol. The Kier molecular flexibility index (Phi) is 4.71. The average molecular weight is 286 g/mol. The molecule has 110 valence electrons. The van der Waals surface area contributed by atoms with Gasteiger partial charge in [-0.15, -0.1) is 0 Å². The first kappa shape index (κ1) is 14.8. The summed E-state index contributed by atoms with van der Waals surface area (Å²) in [7, 11) is 1.68. The van der Waals surface area contributed by atoms with Gasteiger partial charge in [0.15, 0.2) is 11.5 Å². The molecule has 6 heteroatoms. The summed E-state index contributed by atoms with van der Waals surface area (Å²) in [4.78, 5) is 21.5. The van der Waals surface area contributed by atoms with Crippen LogP contribution in [0.25, 0.3) is 0 Å². The Bertz CT molecular complexity index is 631. The van der Waals surface area contributed by atoms with Gasteiger partial charge < -0.3 is 15.4 Å². The summed E-state index contributed by atoms with van der Waals surface area (Å²) in [5.74, 6) is 0.650. The van der Waals surface area contributed by atoms with Crippen LogP contribution < -0.4 is 10.5 Å². The third-order valence-electron chi connectivity index (χ3n) is 2.96. The van der Waals surface area contributed by atoms with E-state index in [-0.39, 0.29) is 17.4 Å². The molecule has 0 aliphatic rings. The van der Waals surface area contributed by atoms with E-state index in [4.69, 9.17) is 10.5 Å². The summed E-state index contributed by atoms with van der Waals surface area (Å²) in [6.45, 7) is 2.83. The number of nitrogen functional groups attached to an aromatic ring is 1. The van der Waals surface area contributed by atoms with Crippen LogP contribution >= 0.6 is 0 Å². The summed E-state index contributed by atoms with van der Waals surface area (Å²) < 4.78 is 5.61. The summed E-state index contributed by atoms with van der Waals surface area (Å²) in [6.07, 6.45) is 2.90. The zero-order valence-electron chi connectivity index (χ0n) is 12.1. The maximum absolute atomic E-state index is 12.1. The van der Waals surface area contributed by atoms with Crippen LogP contribution in [-0.4, -0.2) is 41.0 Å². The fourth-order valence-corrected chi connectivity index (χ4v) is 1.80. The number of anilines is 1. The first-order valence-corrected chi connectivity index (χ1v) is 6.59. The number of rotatable bonds is 5. The minimum atomic E-state index is -0.270. The van der Waals surface area contributed by atoms with E-state index in [0.29, 0.717) is 13.2 Å². The zero-order valence-corrected chi connectivity index (χ0v) is 12.1. The number of benzene rings is 1. The second-order valence-electron chi connectivity index (χ2n) is 4.68. The lowest BCUT2D eigenvalue weighted by molar-refractivity contribution is 0.0768. The maximum Gasteiger partial charge on any atom is 0.276 e. The number of nitrogens with zero attached hydrogens (tertiary/aromatic N) is 3. The summed E-state index contributed by atoms with van der Waals surface area (Å²) >= 11 is 0. The molecule has 2 rings (SSSR count). The van der Waals surface area contributed by atoms with Gasteiger partial charge in [-0.2, -0.15) is 0 Å². The number of amides is 1. The van der Waals surface area contributed by atoms with Gasteiger partial charge in [-0.25, -0.2) is 9.97 Å². The van der Waals surface area contributed by atoms with Gasteiger partial charge in [0.2, 0.25) is 0 Å². The van der Waals surface area contributed by atoms with Crippen LogP contribution in [0.3, 0.4) is 0 Å². The standard InChI is InChI=1S/C15H18N4O2/c1-11-4-3-5-12(10-11)21-9-8-19(2)15(20)13-14(16)18-7-6-17-13/h3-7,10H,8-9H2,1-2H3,(H2,16,18). The van der Waals surface area contributed by atoms with Crippen molar-refractivity contribution < 1.29 is 9.53 Å². The highest BCUT2D eigenvalue weighted by Crippen LogP contribution is 2.12. The van der Waals surface area contributed by atoms with E-state index in [1.54, 1.807) is 7.05 Å². The first-order valence-electron chi connectivity index (χ1n) is 6.59. The highest BCUT2D eigenvalue weighted by atomic mass is 16.5. The Labute approximate surface area is 123 Å². The second-order valence-corrected chi connectivity index (χ2v) is 4.68. The van der Waals surface area contributed by atoms with Gasteiger partial charge in [0.05, 0.1) is 6.54 Å². The Hall–Kier alpha value is -2.63. The minimum Gasteiger partial charge on any atom is -0.492 e. The van der Waals surface area contributed by atoms with Crippen LogP contribution in [0.4, 0.5) is 5.82 Å². The quantitative estimate of drug-likeness (QED) is 0.901. The number of carbonyl (C=O) groups excluding carboxylic acids is 1. The van der Waals surface area contributed by atoms with Gasteiger partial charge in [-0.1, -0.05) is 12.1 Å². The van der Waals surface area contributed by atoms with E-state index < -0.39 is 0 Å². The molecule has 2 aromatic rings. The van der Waals surface area contributed by atoms with E-state index in [1.165, 1.54) is 17.3 Å². The van der Waals surface area contributed by atoms with Gasteiger partial charge in [-0.3, -0.25) is 4.79 Å². The van der Waals surface area contributed by atoms with E-state index in [9.17, 15) is 4.79 Å². The van der Waals surface area contributed by atoms with Crippen LogP contribution in [0, 0.1) is 6.92 Å². The van der Waals surface area contributed by atoms with Gasteiger partial charge in [-0.05, 0) is 24.6 Å². The minimum absolute atomic E-state index is 0.133. The number of aromatic nitrogens is 2. The Morgan fingerprint density at radius 1 is 1.33 bits per heavy atom. The van der Waals surface area contributed by atoms with Crippen molar-refractivity contribution >= 4 is 11.7 Å². The lowest BCUT2D eigenvalue weighted by atomic mass is 10.2. The number of aryl methyl sites for hydroxylation is 1. The number of hydrogen-bond acceptors (Lipinski definition) is 5. The smallest absolute Gasteiger partial charge is 0.276 e. The highest BCUT2D eigenvalue weighted by Gasteiger charge is 2.16. The topological polar surface area (TPSA) is 81.3 Å². The molecular weight excluding hydrogens is 268 g/mol. The van der Waals surface area contributed by atoms with E-state index in [1.807, 2.05) is 31.2 Å². The largest absolute Gasteiger partial charge is 0.492 e. The van der Waals surface area contributed by atoms with Crippen molar-refractivity contribution in [1.29, 1.82) is 0 Å². The molecule has 0 saturated heterocycles. The number of hydrogen-bond donors (Lipinski definition) is 1. The van der Waals surface area contributed by atoms with Crippen LogP contribution in [0.15, 0.2) is 36.7 Å². The molecule has 6 nitrogen and oxygen atoms in total. The van der Waals surface area contributed by atoms with Gasteiger partial charge >= 0.3 is 0 Å². The first-order chi connectivity index (χ1) is 10.1. The molecule has 0 aliphatic heterocycles. The predicted molar refractivity (Wildman–Crippen MR) is 80.1 cm³/mol. The van der Waals surface area contributed by atoms with Crippen molar-refractivity contribution in [3.8, 4) is 5.75 Å². The SMILES string of the molecule is Cc1cccc(OCCN(C)C(=O)c2nccnc2N)c1. The van der Waals surface area contributed by atoms with Crippen molar-refractivity contribution in [3.05, 3.63) is 47.9 Å². The molecule has 0 unspecified atom stereocenters. The molecule has 0 bridgehead atoms. The molecule has 0 aliphatic carbocycles. The van der Waals surface area contributed by atoms with E-state index >= 15 is 0 Å². The van der Waals surface area contributed by atoms with Gasteiger partial charge in [0.1, 0.15) is 12.4 Å². The molecule has 0 atom stereocenters. The van der Waals surface area contributed by atoms with Crippen molar-refractivity contribution in [2.45, 2.75) is 6.92 Å². The number of likely N-dealkylation sites (N-methyl/N-ethyl adjacent to an activating group) is 1. The number of carbonyl (C=O) groups is 1. The van der Waals surface area contributed by atoms with E-state index in [2.05, 4.69) is 9.97 Å².